The van der Waals surface area contributed by atoms with Crippen molar-refractivity contribution < 1.29 is 9.47 Å². The van der Waals surface area contributed by atoms with E-state index in [1.165, 1.54) is 0 Å². The molecule has 1 aromatic heterocycles. The number of aromatic nitrogens is 1. The molecule has 0 unspecified atom stereocenters. The summed E-state index contributed by atoms with van der Waals surface area (Å²) in [5, 5.41) is 0. The topological polar surface area (TPSA) is 31.4 Å². The number of nitrogens with zero attached hydrogens (tertiary/aromatic N) is 1. The fourth-order valence-corrected chi connectivity index (χ4v) is 2.33. The summed E-state index contributed by atoms with van der Waals surface area (Å²) >= 11 is 0. The van der Waals surface area contributed by atoms with Gasteiger partial charge in [-0.25, -0.2) is 4.98 Å². The zero-order valence-electron chi connectivity index (χ0n) is 15.3. The monoisotopic (exact) mass is 315 g/mol. The highest BCUT2D eigenvalue weighted by Crippen LogP contribution is 2.30. The van der Waals surface area contributed by atoms with E-state index >= 15 is 0 Å². The lowest BCUT2D eigenvalue weighted by molar-refractivity contribution is -0.126. The molecule has 0 amide bonds. The Balaban J connectivity index is 1.78. The van der Waals surface area contributed by atoms with E-state index < -0.39 is 0 Å². The Morgan fingerprint density at radius 2 is 1.78 bits per heavy atom. The minimum absolute atomic E-state index is 0.0788. The number of hydrogen-bond acceptors (Lipinski definition) is 3. The summed E-state index contributed by atoms with van der Waals surface area (Å²) in [7, 11) is 0. The van der Waals surface area contributed by atoms with Crippen molar-refractivity contribution in [2.45, 2.75) is 78.6 Å². The highest BCUT2D eigenvalue weighted by Gasteiger charge is 2.34. The standard InChI is InChI=1S/C20H29NO2/c1-19(2,3)11-7-8-15-9-10-16(14-21-15)22-17-12-18(13-17)23-20(4,5)6/h9-10,14,17-18H,11-13H2,1-6H3. The van der Waals surface area contributed by atoms with Gasteiger partial charge in [-0.15, -0.1) is 0 Å². The zero-order chi connectivity index (χ0) is 17.1. The number of ether oxygens (including phenoxy) is 2. The highest BCUT2D eigenvalue weighted by molar-refractivity contribution is 5.31. The summed E-state index contributed by atoms with van der Waals surface area (Å²) in [5.74, 6) is 7.10. The lowest BCUT2D eigenvalue weighted by Crippen LogP contribution is -2.43. The molecule has 23 heavy (non-hydrogen) atoms. The summed E-state index contributed by atoms with van der Waals surface area (Å²) in [6.07, 6.45) is 5.08. The van der Waals surface area contributed by atoms with Crippen LogP contribution in [0.5, 0.6) is 5.75 Å². The van der Waals surface area contributed by atoms with Crippen molar-refractivity contribution in [3.8, 4) is 17.6 Å². The lowest BCUT2D eigenvalue weighted by Gasteiger charge is -2.39. The van der Waals surface area contributed by atoms with E-state index in [0.717, 1.165) is 30.7 Å². The first-order valence-electron chi connectivity index (χ1n) is 8.40. The van der Waals surface area contributed by atoms with Crippen LogP contribution in [0.1, 0.15) is 66.5 Å². The molecule has 1 aliphatic rings. The predicted octanol–water partition coefficient (Wildman–Crippen LogP) is 4.59. The molecule has 0 bridgehead atoms. The summed E-state index contributed by atoms with van der Waals surface area (Å²) in [5.41, 5.74) is 0.945. The average molecular weight is 315 g/mol. The van der Waals surface area contributed by atoms with Crippen molar-refractivity contribution in [1.29, 1.82) is 0 Å². The molecule has 2 rings (SSSR count). The quantitative estimate of drug-likeness (QED) is 0.764. The largest absolute Gasteiger partial charge is 0.489 e. The maximum Gasteiger partial charge on any atom is 0.138 e. The van der Waals surface area contributed by atoms with Crippen LogP contribution in [0.25, 0.3) is 0 Å². The van der Waals surface area contributed by atoms with Gasteiger partial charge in [-0.3, -0.25) is 0 Å². The smallest absolute Gasteiger partial charge is 0.138 e. The number of pyridine rings is 1. The Labute approximate surface area is 140 Å². The van der Waals surface area contributed by atoms with Crippen molar-refractivity contribution in [3.63, 3.8) is 0 Å². The molecule has 0 saturated heterocycles. The molecule has 3 nitrogen and oxygen atoms in total. The van der Waals surface area contributed by atoms with Crippen LogP contribution in [0.4, 0.5) is 0 Å². The summed E-state index contributed by atoms with van der Waals surface area (Å²) < 4.78 is 11.8. The van der Waals surface area contributed by atoms with Crippen molar-refractivity contribution in [3.05, 3.63) is 24.0 Å². The van der Waals surface area contributed by atoms with Gasteiger partial charge in [0.1, 0.15) is 17.5 Å². The van der Waals surface area contributed by atoms with Gasteiger partial charge in [0.2, 0.25) is 0 Å². The lowest BCUT2D eigenvalue weighted by atomic mass is 9.91. The molecular formula is C20H29NO2. The van der Waals surface area contributed by atoms with E-state index in [0.29, 0.717) is 6.10 Å². The highest BCUT2D eigenvalue weighted by atomic mass is 16.5. The number of rotatable bonds is 3. The van der Waals surface area contributed by atoms with E-state index in [1.54, 1.807) is 6.20 Å². The molecule has 1 saturated carbocycles. The molecule has 0 aliphatic heterocycles. The van der Waals surface area contributed by atoms with Gasteiger partial charge in [0.25, 0.3) is 0 Å². The molecular weight excluding hydrogens is 286 g/mol. The fourth-order valence-electron chi connectivity index (χ4n) is 2.33. The molecule has 0 aromatic carbocycles. The molecule has 1 aliphatic carbocycles. The van der Waals surface area contributed by atoms with Gasteiger partial charge in [-0.05, 0) is 44.2 Å². The van der Waals surface area contributed by atoms with Gasteiger partial charge in [0.15, 0.2) is 0 Å². The predicted molar refractivity (Wildman–Crippen MR) is 93.5 cm³/mol. The van der Waals surface area contributed by atoms with Gasteiger partial charge in [0, 0.05) is 19.3 Å². The summed E-state index contributed by atoms with van der Waals surface area (Å²) in [6.45, 7) is 12.8. The first-order valence-corrected chi connectivity index (χ1v) is 8.40. The zero-order valence-corrected chi connectivity index (χ0v) is 15.3. The van der Waals surface area contributed by atoms with Crippen molar-refractivity contribution >= 4 is 0 Å². The van der Waals surface area contributed by atoms with E-state index in [1.807, 2.05) is 12.1 Å². The molecule has 0 radical (unpaired) electrons. The van der Waals surface area contributed by atoms with Crippen molar-refractivity contribution in [2.24, 2.45) is 5.41 Å². The maximum absolute atomic E-state index is 5.92. The van der Waals surface area contributed by atoms with Crippen LogP contribution >= 0.6 is 0 Å². The second-order valence-corrected chi connectivity index (χ2v) is 8.48. The Hall–Kier alpha value is -1.53. The number of hydrogen-bond donors (Lipinski definition) is 0. The van der Waals surface area contributed by atoms with Crippen LogP contribution in [0.15, 0.2) is 18.3 Å². The normalized spacial score (nSPS) is 21.1. The molecule has 3 heteroatoms. The minimum atomic E-state index is -0.0788. The van der Waals surface area contributed by atoms with Gasteiger partial charge in [-0.1, -0.05) is 26.7 Å². The van der Waals surface area contributed by atoms with Crippen LogP contribution < -0.4 is 4.74 Å². The van der Waals surface area contributed by atoms with Crippen molar-refractivity contribution in [2.75, 3.05) is 0 Å². The van der Waals surface area contributed by atoms with Gasteiger partial charge in [0.05, 0.1) is 17.9 Å². The van der Waals surface area contributed by atoms with Crippen LogP contribution in [-0.4, -0.2) is 22.8 Å². The Bertz CT molecular complexity index is 561. The second kappa shape index (κ2) is 6.93. The third-order valence-corrected chi connectivity index (χ3v) is 3.45. The molecule has 1 heterocycles. The second-order valence-electron chi connectivity index (χ2n) is 8.48. The van der Waals surface area contributed by atoms with Crippen LogP contribution in [0.2, 0.25) is 0 Å². The Morgan fingerprint density at radius 3 is 2.30 bits per heavy atom. The first kappa shape index (κ1) is 17.8. The molecule has 0 spiro atoms. The van der Waals surface area contributed by atoms with Crippen LogP contribution in [0.3, 0.4) is 0 Å². The van der Waals surface area contributed by atoms with Gasteiger partial charge < -0.3 is 9.47 Å². The van der Waals surface area contributed by atoms with Crippen LogP contribution in [0, 0.1) is 17.3 Å². The Morgan fingerprint density at radius 1 is 1.09 bits per heavy atom. The van der Waals surface area contributed by atoms with E-state index in [4.69, 9.17) is 9.47 Å². The SMILES string of the molecule is CC(C)(C)CC#Cc1ccc(OC2CC(OC(C)(C)C)C2)cn1. The minimum Gasteiger partial charge on any atom is -0.489 e. The third-order valence-electron chi connectivity index (χ3n) is 3.45. The molecule has 1 aromatic rings. The van der Waals surface area contributed by atoms with Gasteiger partial charge >= 0.3 is 0 Å². The first-order chi connectivity index (χ1) is 10.6. The van der Waals surface area contributed by atoms with E-state index in [9.17, 15) is 0 Å². The molecule has 0 atom stereocenters. The maximum atomic E-state index is 5.92. The molecule has 1 fully saturated rings. The molecule has 126 valence electrons. The third kappa shape index (κ3) is 6.62. The Kier molecular flexibility index (Phi) is 5.37. The summed E-state index contributed by atoms with van der Waals surface area (Å²) in [4.78, 5) is 4.36. The van der Waals surface area contributed by atoms with Crippen LogP contribution in [-0.2, 0) is 4.74 Å². The molecule has 0 N–H and O–H groups in total. The van der Waals surface area contributed by atoms with E-state index in [2.05, 4.69) is 58.4 Å². The van der Waals surface area contributed by atoms with Gasteiger partial charge in [-0.2, -0.15) is 0 Å². The van der Waals surface area contributed by atoms with Crippen molar-refractivity contribution in [1.82, 2.24) is 4.98 Å². The fraction of sp³-hybridized carbons (Fsp3) is 0.650. The summed E-state index contributed by atoms with van der Waals surface area (Å²) in [6, 6.07) is 3.87. The van der Waals surface area contributed by atoms with E-state index in [-0.39, 0.29) is 17.1 Å². The average Bonchev–Trinajstić information content (AvgIpc) is 2.35.